The van der Waals surface area contributed by atoms with Crippen molar-refractivity contribution in [2.45, 2.75) is 0 Å². The summed E-state index contributed by atoms with van der Waals surface area (Å²) in [4.78, 5) is 5.20. The molecule has 0 aromatic carbocycles. The molecule has 0 atom stereocenters. The van der Waals surface area contributed by atoms with Gasteiger partial charge in [-0.1, -0.05) is 0 Å². The smallest absolute Gasteiger partial charge is 0.103 e. The molecule has 24 heavy (non-hydrogen) atoms. The molecule has 138 valence electrons. The molecule has 0 spiro atoms. The number of quaternary nitrogens is 2. The van der Waals surface area contributed by atoms with Crippen LogP contribution in [0.4, 0.5) is 0 Å². The van der Waals surface area contributed by atoms with Crippen LogP contribution in [0.1, 0.15) is 0 Å². The summed E-state index contributed by atoms with van der Waals surface area (Å²) in [7, 11) is 0. The third-order valence-electron chi connectivity index (χ3n) is 7.14. The number of hydrogen-bond donors (Lipinski definition) is 0. The molecule has 0 aliphatic carbocycles. The van der Waals surface area contributed by atoms with E-state index in [1.807, 2.05) is 0 Å². The van der Waals surface area contributed by atoms with Gasteiger partial charge in [-0.3, -0.25) is 9.80 Å². The summed E-state index contributed by atoms with van der Waals surface area (Å²) in [6.45, 7) is 21.5. The standard InChI is InChI=1S/C18H36N4O2/c1-7-21(8-2-19(1)3-9-21)13-15-23-17-18-24-16-14-22-10-4-20(5-11-22)6-12-22/h1-18H2/q+2. The van der Waals surface area contributed by atoms with Crippen molar-refractivity contribution in [2.75, 3.05) is 118 Å². The topological polar surface area (TPSA) is 24.9 Å². The van der Waals surface area contributed by atoms with E-state index in [9.17, 15) is 0 Å². The van der Waals surface area contributed by atoms with Crippen molar-refractivity contribution in [1.82, 2.24) is 9.80 Å². The van der Waals surface area contributed by atoms with E-state index in [4.69, 9.17) is 9.47 Å². The Morgan fingerprint density at radius 1 is 0.500 bits per heavy atom. The highest BCUT2D eigenvalue weighted by molar-refractivity contribution is 4.71. The van der Waals surface area contributed by atoms with Gasteiger partial charge in [0.25, 0.3) is 0 Å². The second-order valence-electron chi connectivity index (χ2n) is 8.38. The Morgan fingerprint density at radius 3 is 1.17 bits per heavy atom. The van der Waals surface area contributed by atoms with E-state index in [0.717, 1.165) is 26.4 Å². The van der Waals surface area contributed by atoms with Crippen LogP contribution in [-0.4, -0.2) is 137 Å². The highest BCUT2D eigenvalue weighted by Gasteiger charge is 2.38. The number of rotatable bonds is 9. The van der Waals surface area contributed by atoms with Gasteiger partial charge < -0.3 is 18.4 Å². The minimum absolute atomic E-state index is 0.764. The lowest BCUT2D eigenvalue weighted by Gasteiger charge is -2.50. The summed E-state index contributed by atoms with van der Waals surface area (Å²) in [5.74, 6) is 0. The fourth-order valence-electron chi connectivity index (χ4n) is 4.97. The first-order valence-corrected chi connectivity index (χ1v) is 10.1. The lowest BCUT2D eigenvalue weighted by molar-refractivity contribution is -0.941. The van der Waals surface area contributed by atoms with Gasteiger partial charge in [0.05, 0.1) is 65.7 Å². The molecule has 6 heteroatoms. The molecule has 0 saturated carbocycles. The summed E-state index contributed by atoms with van der Waals surface area (Å²) >= 11 is 0. The zero-order valence-corrected chi connectivity index (χ0v) is 15.3. The Hall–Kier alpha value is -0.240. The predicted molar refractivity (Wildman–Crippen MR) is 94.0 cm³/mol. The molecule has 6 fully saturated rings. The fraction of sp³-hybridized carbons (Fsp3) is 1.00. The Balaban J connectivity index is 1.03. The Kier molecular flexibility index (Phi) is 5.41. The first kappa shape index (κ1) is 17.2. The van der Waals surface area contributed by atoms with E-state index in [2.05, 4.69) is 9.80 Å². The highest BCUT2D eigenvalue weighted by Crippen LogP contribution is 2.19. The summed E-state index contributed by atoms with van der Waals surface area (Å²) in [6.07, 6.45) is 0. The molecule has 6 heterocycles. The van der Waals surface area contributed by atoms with Crippen molar-refractivity contribution < 1.29 is 18.4 Å². The van der Waals surface area contributed by atoms with Crippen LogP contribution >= 0.6 is 0 Å². The average molecular weight is 341 g/mol. The van der Waals surface area contributed by atoms with Crippen LogP contribution < -0.4 is 0 Å². The maximum absolute atomic E-state index is 5.87. The van der Waals surface area contributed by atoms with E-state index in [1.54, 1.807) is 0 Å². The minimum atomic E-state index is 0.764. The molecule has 6 nitrogen and oxygen atoms in total. The predicted octanol–water partition coefficient (Wildman–Crippen LogP) is -0.688. The van der Waals surface area contributed by atoms with E-state index in [-0.39, 0.29) is 0 Å². The largest absolute Gasteiger partial charge is 0.373 e. The quantitative estimate of drug-likeness (QED) is 0.410. The Morgan fingerprint density at radius 2 is 0.833 bits per heavy atom. The molecular weight excluding hydrogens is 304 g/mol. The van der Waals surface area contributed by atoms with Crippen LogP contribution in [0, 0.1) is 0 Å². The molecule has 0 radical (unpaired) electrons. The first-order chi connectivity index (χ1) is 11.8. The third kappa shape index (κ3) is 3.94. The maximum atomic E-state index is 5.87. The summed E-state index contributed by atoms with van der Waals surface area (Å²) in [5.41, 5.74) is 0. The molecule has 0 aromatic rings. The fourth-order valence-corrected chi connectivity index (χ4v) is 4.97. The molecule has 4 bridgehead atoms. The molecular formula is C18H36N4O2+2. The van der Waals surface area contributed by atoms with Crippen LogP contribution in [0.15, 0.2) is 0 Å². The van der Waals surface area contributed by atoms with Crippen molar-refractivity contribution >= 4 is 0 Å². The summed E-state index contributed by atoms with van der Waals surface area (Å²) < 4.78 is 14.3. The van der Waals surface area contributed by atoms with Crippen LogP contribution in [0.25, 0.3) is 0 Å². The van der Waals surface area contributed by atoms with Gasteiger partial charge in [0.15, 0.2) is 0 Å². The number of hydrogen-bond acceptors (Lipinski definition) is 4. The van der Waals surface area contributed by atoms with Crippen molar-refractivity contribution in [2.24, 2.45) is 0 Å². The molecule has 6 rings (SSSR count). The molecule has 0 unspecified atom stereocenters. The molecule has 6 saturated heterocycles. The lowest BCUT2D eigenvalue weighted by Crippen LogP contribution is -2.68. The van der Waals surface area contributed by atoms with E-state index in [1.165, 1.54) is 101 Å². The Labute approximate surface area is 147 Å². The van der Waals surface area contributed by atoms with Gasteiger partial charge >= 0.3 is 0 Å². The number of piperazine rings is 6. The number of fused-ring (bicyclic) bond motifs is 6. The second-order valence-corrected chi connectivity index (χ2v) is 8.38. The van der Waals surface area contributed by atoms with E-state index < -0.39 is 0 Å². The van der Waals surface area contributed by atoms with Crippen LogP contribution in [-0.2, 0) is 9.47 Å². The van der Waals surface area contributed by atoms with Crippen molar-refractivity contribution in [3.8, 4) is 0 Å². The normalized spacial score (nSPS) is 41.0. The van der Waals surface area contributed by atoms with Gasteiger partial charge in [-0.25, -0.2) is 0 Å². The van der Waals surface area contributed by atoms with Gasteiger partial charge in [-0.2, -0.15) is 0 Å². The lowest BCUT2D eigenvalue weighted by atomic mass is 10.1. The van der Waals surface area contributed by atoms with Crippen molar-refractivity contribution in [3.05, 3.63) is 0 Å². The third-order valence-corrected chi connectivity index (χ3v) is 7.14. The zero-order valence-electron chi connectivity index (χ0n) is 15.3. The minimum Gasteiger partial charge on any atom is -0.373 e. The summed E-state index contributed by atoms with van der Waals surface area (Å²) in [5, 5.41) is 0. The molecule has 6 aliphatic heterocycles. The molecule has 0 amide bonds. The van der Waals surface area contributed by atoms with E-state index >= 15 is 0 Å². The first-order valence-electron chi connectivity index (χ1n) is 10.1. The summed E-state index contributed by atoms with van der Waals surface area (Å²) in [6, 6.07) is 0. The highest BCUT2D eigenvalue weighted by atomic mass is 16.5. The van der Waals surface area contributed by atoms with Gasteiger partial charge in [-0.05, 0) is 0 Å². The van der Waals surface area contributed by atoms with E-state index in [0.29, 0.717) is 0 Å². The van der Waals surface area contributed by atoms with Crippen molar-refractivity contribution in [1.29, 1.82) is 0 Å². The molecule has 6 aliphatic rings. The van der Waals surface area contributed by atoms with Gasteiger partial charge in [0.2, 0.25) is 0 Å². The van der Waals surface area contributed by atoms with Gasteiger partial charge in [-0.15, -0.1) is 0 Å². The second kappa shape index (κ2) is 7.56. The zero-order chi connectivity index (χ0) is 16.3. The van der Waals surface area contributed by atoms with Crippen molar-refractivity contribution in [3.63, 3.8) is 0 Å². The average Bonchev–Trinajstić information content (AvgIpc) is 2.67. The van der Waals surface area contributed by atoms with Crippen LogP contribution in [0.3, 0.4) is 0 Å². The maximum Gasteiger partial charge on any atom is 0.103 e. The Bertz CT molecular complexity index is 338. The number of ether oxygens (including phenoxy) is 2. The van der Waals surface area contributed by atoms with Crippen LogP contribution in [0.2, 0.25) is 0 Å². The van der Waals surface area contributed by atoms with Crippen LogP contribution in [0.5, 0.6) is 0 Å². The van der Waals surface area contributed by atoms with Gasteiger partial charge in [0.1, 0.15) is 13.1 Å². The number of nitrogens with zero attached hydrogens (tertiary/aromatic N) is 4. The molecule has 0 aromatic heterocycles. The monoisotopic (exact) mass is 340 g/mol. The SMILES string of the molecule is C(COCC[N+]12CCN(CC1)CC2)OCC[N+]12CCN(CC1)CC2. The molecule has 0 N–H and O–H groups in total. The van der Waals surface area contributed by atoms with Gasteiger partial charge in [0, 0.05) is 39.3 Å².